The number of nitrogens with one attached hydrogen (secondary N) is 1. The van der Waals surface area contributed by atoms with E-state index in [0.29, 0.717) is 35.3 Å². The molecule has 0 bridgehead atoms. The van der Waals surface area contributed by atoms with Gasteiger partial charge in [-0.25, -0.2) is 5.43 Å². The van der Waals surface area contributed by atoms with Crippen LogP contribution in [0, 0.1) is 10.1 Å². The highest BCUT2D eigenvalue weighted by molar-refractivity contribution is 6.32. The normalized spacial score (nSPS) is 10.8. The van der Waals surface area contributed by atoms with Crippen LogP contribution < -0.4 is 14.9 Å². The summed E-state index contributed by atoms with van der Waals surface area (Å²) in [5.74, 6) is 0.468. The highest BCUT2D eigenvalue weighted by Gasteiger charge is 2.16. The van der Waals surface area contributed by atoms with E-state index in [1.165, 1.54) is 18.3 Å². The predicted octanol–water partition coefficient (Wildman–Crippen LogP) is 5.64. The Morgan fingerprint density at radius 2 is 1.82 bits per heavy atom. The Morgan fingerprint density at radius 1 is 1.06 bits per heavy atom. The number of nitro groups is 1. The molecule has 1 amide bonds. The molecule has 0 unspecified atom stereocenters. The van der Waals surface area contributed by atoms with Crippen LogP contribution in [0.1, 0.15) is 28.4 Å². The third kappa shape index (κ3) is 6.68. The van der Waals surface area contributed by atoms with E-state index >= 15 is 0 Å². The van der Waals surface area contributed by atoms with Gasteiger partial charge in [0.1, 0.15) is 11.6 Å². The number of hydrazone groups is 1. The lowest BCUT2D eigenvalue weighted by Crippen LogP contribution is -2.17. The van der Waals surface area contributed by atoms with Gasteiger partial charge in [0.25, 0.3) is 11.6 Å². The highest BCUT2D eigenvalue weighted by atomic mass is 35.5. The van der Waals surface area contributed by atoms with Crippen molar-refractivity contribution in [1.29, 1.82) is 0 Å². The molecule has 33 heavy (non-hydrogen) atoms. The van der Waals surface area contributed by atoms with Gasteiger partial charge >= 0.3 is 0 Å². The van der Waals surface area contributed by atoms with Gasteiger partial charge < -0.3 is 9.47 Å². The summed E-state index contributed by atoms with van der Waals surface area (Å²) in [5, 5.41) is 15.5. The summed E-state index contributed by atoms with van der Waals surface area (Å²) >= 11 is 11.7. The lowest BCUT2D eigenvalue weighted by atomic mass is 10.2. The molecule has 0 saturated carbocycles. The fourth-order valence-corrected chi connectivity index (χ4v) is 3.07. The molecule has 0 aliphatic heterocycles. The Morgan fingerprint density at radius 3 is 2.52 bits per heavy atom. The summed E-state index contributed by atoms with van der Waals surface area (Å²) < 4.78 is 11.5. The summed E-state index contributed by atoms with van der Waals surface area (Å²) in [5.41, 5.74) is 3.64. The number of rotatable bonds is 9. The van der Waals surface area contributed by atoms with Gasteiger partial charge in [-0.05, 0) is 60.5 Å². The third-order valence-electron chi connectivity index (χ3n) is 4.36. The summed E-state index contributed by atoms with van der Waals surface area (Å²) in [6.07, 6.45) is 1.42. The number of nitro benzene ring substituents is 1. The molecule has 0 aliphatic rings. The number of nitrogens with zero attached hydrogens (tertiary/aromatic N) is 2. The summed E-state index contributed by atoms with van der Waals surface area (Å²) in [7, 11) is 0. The second-order valence-corrected chi connectivity index (χ2v) is 7.52. The Hall–Kier alpha value is -3.62. The molecule has 3 rings (SSSR count). The quantitative estimate of drug-likeness (QED) is 0.239. The van der Waals surface area contributed by atoms with Crippen molar-refractivity contribution in [1.82, 2.24) is 5.43 Å². The smallest absolute Gasteiger partial charge is 0.288 e. The fourth-order valence-electron chi connectivity index (χ4n) is 2.76. The molecule has 0 fully saturated rings. The maximum absolute atomic E-state index is 12.2. The van der Waals surface area contributed by atoms with E-state index in [9.17, 15) is 14.9 Å². The van der Waals surface area contributed by atoms with Gasteiger partial charge in [0.05, 0.1) is 17.7 Å². The van der Waals surface area contributed by atoms with E-state index in [1.54, 1.807) is 30.3 Å². The predicted molar refractivity (Wildman–Crippen MR) is 127 cm³/mol. The van der Waals surface area contributed by atoms with Crippen LogP contribution in [0.15, 0.2) is 65.8 Å². The van der Waals surface area contributed by atoms with Crippen molar-refractivity contribution >= 4 is 41.0 Å². The number of ether oxygens (including phenoxy) is 2. The molecule has 3 aromatic rings. The summed E-state index contributed by atoms with van der Waals surface area (Å²) in [6, 6.07) is 16.3. The van der Waals surface area contributed by atoms with Crippen LogP contribution in [0.25, 0.3) is 0 Å². The second kappa shape index (κ2) is 11.3. The number of benzene rings is 3. The SMILES string of the molecule is CCOc1cc(/C=N/NC(=O)c2ccc(Cl)c([N+](=O)[O-])c2)ccc1OCc1ccc(Cl)cc1. The zero-order valence-corrected chi connectivity index (χ0v) is 19.0. The molecule has 8 nitrogen and oxygen atoms in total. The van der Waals surface area contributed by atoms with Gasteiger partial charge in [0.15, 0.2) is 11.5 Å². The van der Waals surface area contributed by atoms with Crippen LogP contribution in [-0.2, 0) is 6.61 Å². The third-order valence-corrected chi connectivity index (χ3v) is 4.93. The van der Waals surface area contributed by atoms with Gasteiger partial charge in [-0.3, -0.25) is 14.9 Å². The van der Waals surface area contributed by atoms with Crippen LogP contribution in [0.2, 0.25) is 10.0 Å². The Kier molecular flexibility index (Phi) is 8.23. The first-order valence-corrected chi connectivity index (χ1v) is 10.5. The molecular formula is C23H19Cl2N3O5. The average molecular weight is 488 g/mol. The number of hydrogen-bond acceptors (Lipinski definition) is 6. The maximum Gasteiger partial charge on any atom is 0.288 e. The molecule has 10 heteroatoms. The summed E-state index contributed by atoms with van der Waals surface area (Å²) in [6.45, 7) is 2.63. The number of hydrogen-bond donors (Lipinski definition) is 1. The van der Waals surface area contributed by atoms with E-state index in [2.05, 4.69) is 10.5 Å². The molecule has 170 valence electrons. The van der Waals surface area contributed by atoms with E-state index in [-0.39, 0.29) is 16.3 Å². The first-order valence-electron chi connectivity index (χ1n) is 9.79. The zero-order valence-electron chi connectivity index (χ0n) is 17.5. The highest BCUT2D eigenvalue weighted by Crippen LogP contribution is 2.29. The van der Waals surface area contributed by atoms with E-state index in [1.807, 2.05) is 19.1 Å². The minimum Gasteiger partial charge on any atom is -0.490 e. The number of halogens is 2. The van der Waals surface area contributed by atoms with Crippen molar-refractivity contribution < 1.29 is 19.2 Å². The van der Waals surface area contributed by atoms with Crippen LogP contribution in [0.4, 0.5) is 5.69 Å². The molecule has 0 saturated heterocycles. The number of amides is 1. The molecular weight excluding hydrogens is 469 g/mol. The Labute approximate surface area is 199 Å². The lowest BCUT2D eigenvalue weighted by molar-refractivity contribution is -0.384. The number of carbonyl (C=O) groups excluding carboxylic acids is 1. The molecule has 3 aromatic carbocycles. The van der Waals surface area contributed by atoms with Crippen molar-refractivity contribution in [2.75, 3.05) is 6.61 Å². The van der Waals surface area contributed by atoms with Gasteiger partial charge in [0, 0.05) is 16.7 Å². The van der Waals surface area contributed by atoms with E-state index in [0.717, 1.165) is 11.6 Å². The van der Waals surface area contributed by atoms with Crippen molar-refractivity contribution in [3.63, 3.8) is 0 Å². The van der Waals surface area contributed by atoms with Gasteiger partial charge in [-0.1, -0.05) is 35.3 Å². The van der Waals surface area contributed by atoms with E-state index in [4.69, 9.17) is 32.7 Å². The molecule has 0 spiro atoms. The molecule has 0 aliphatic carbocycles. The number of carbonyl (C=O) groups is 1. The average Bonchev–Trinajstić information content (AvgIpc) is 2.80. The Balaban J connectivity index is 1.67. The monoisotopic (exact) mass is 487 g/mol. The summed E-state index contributed by atoms with van der Waals surface area (Å²) in [4.78, 5) is 22.6. The molecule has 0 aromatic heterocycles. The molecule has 0 heterocycles. The topological polar surface area (TPSA) is 103 Å². The van der Waals surface area contributed by atoms with Crippen molar-refractivity contribution in [2.45, 2.75) is 13.5 Å². The van der Waals surface area contributed by atoms with Crippen molar-refractivity contribution in [2.24, 2.45) is 5.10 Å². The maximum atomic E-state index is 12.2. The second-order valence-electron chi connectivity index (χ2n) is 6.68. The van der Waals surface area contributed by atoms with E-state index < -0.39 is 10.8 Å². The van der Waals surface area contributed by atoms with Gasteiger partial charge in [-0.15, -0.1) is 0 Å². The minimum absolute atomic E-state index is 0.0538. The standard InChI is InChI=1S/C23H19Cl2N3O5/c1-2-32-22-11-16(5-10-21(22)33-14-15-3-7-18(24)8-4-15)13-26-27-23(29)17-6-9-19(25)20(12-17)28(30)31/h3-13H,2,14H2,1H3,(H,27,29)/b26-13+. The minimum atomic E-state index is -0.659. The van der Waals surface area contributed by atoms with Crippen LogP contribution in [0.3, 0.4) is 0 Å². The van der Waals surface area contributed by atoms with Crippen molar-refractivity contribution in [3.8, 4) is 11.5 Å². The van der Waals surface area contributed by atoms with Crippen molar-refractivity contribution in [3.05, 3.63) is 97.5 Å². The Bertz CT molecular complexity index is 1180. The molecule has 1 N–H and O–H groups in total. The van der Waals surface area contributed by atoms with Crippen LogP contribution in [-0.4, -0.2) is 23.7 Å². The fraction of sp³-hybridized carbons (Fsp3) is 0.130. The van der Waals surface area contributed by atoms with Crippen LogP contribution >= 0.6 is 23.2 Å². The molecule has 0 atom stereocenters. The first kappa shape index (κ1) is 24.0. The zero-order chi connectivity index (χ0) is 23.8. The first-order chi connectivity index (χ1) is 15.9. The largest absolute Gasteiger partial charge is 0.490 e. The van der Waals surface area contributed by atoms with Crippen LogP contribution in [0.5, 0.6) is 11.5 Å². The molecule has 0 radical (unpaired) electrons. The van der Waals surface area contributed by atoms with Gasteiger partial charge in [0.2, 0.25) is 0 Å². The van der Waals surface area contributed by atoms with Gasteiger partial charge in [-0.2, -0.15) is 5.10 Å². The lowest BCUT2D eigenvalue weighted by Gasteiger charge is -2.12.